The number of carbonyl (C=O) groups excluding carboxylic acids is 1. The van der Waals surface area contributed by atoms with Crippen LogP contribution in [0, 0.1) is 12.7 Å². The minimum absolute atomic E-state index is 0.00214. The van der Waals surface area contributed by atoms with Crippen molar-refractivity contribution in [3.8, 4) is 0 Å². The maximum absolute atomic E-state index is 14.1. The summed E-state index contributed by atoms with van der Waals surface area (Å²) in [4.78, 5) is 13.9. The van der Waals surface area contributed by atoms with Gasteiger partial charge in [0.25, 0.3) is 5.91 Å². The molecule has 1 unspecified atom stereocenters. The van der Waals surface area contributed by atoms with Crippen LogP contribution in [0.15, 0.2) is 16.6 Å². The molecule has 0 saturated carbocycles. The molecule has 18 heavy (non-hydrogen) atoms. The lowest BCUT2D eigenvalue weighted by Gasteiger charge is -2.31. The summed E-state index contributed by atoms with van der Waals surface area (Å²) in [5.74, 6) is -0.716. The Morgan fingerprint density at radius 3 is 2.94 bits per heavy atom. The maximum atomic E-state index is 14.1. The third kappa shape index (κ3) is 2.57. The van der Waals surface area contributed by atoms with E-state index in [-0.39, 0.29) is 17.6 Å². The summed E-state index contributed by atoms with van der Waals surface area (Å²) < 4.78 is 20.1. The van der Waals surface area contributed by atoms with Crippen LogP contribution in [0.3, 0.4) is 0 Å². The number of hydrogen-bond acceptors (Lipinski definition) is 2. The highest BCUT2D eigenvalue weighted by atomic mass is 79.9. The van der Waals surface area contributed by atoms with Gasteiger partial charge in [-0.15, -0.1) is 0 Å². The van der Waals surface area contributed by atoms with E-state index in [2.05, 4.69) is 15.9 Å². The molecule has 1 saturated heterocycles. The number of amides is 1. The molecule has 5 heteroatoms. The Kier molecular flexibility index (Phi) is 4.02. The SMILES string of the molecule is Cc1c(Br)ccc(C(=O)N2CCOC(C)C2)c1F. The molecule has 1 aliphatic heterocycles. The molecule has 1 fully saturated rings. The van der Waals surface area contributed by atoms with Crippen molar-refractivity contribution < 1.29 is 13.9 Å². The Labute approximate surface area is 114 Å². The van der Waals surface area contributed by atoms with Crippen LogP contribution in [0.25, 0.3) is 0 Å². The third-order valence-electron chi connectivity index (χ3n) is 3.08. The molecule has 1 heterocycles. The van der Waals surface area contributed by atoms with Crippen LogP contribution >= 0.6 is 15.9 Å². The lowest BCUT2D eigenvalue weighted by atomic mass is 10.1. The maximum Gasteiger partial charge on any atom is 0.257 e. The minimum Gasteiger partial charge on any atom is -0.375 e. The number of nitrogens with zero attached hydrogens (tertiary/aromatic N) is 1. The van der Waals surface area contributed by atoms with E-state index < -0.39 is 5.82 Å². The molecule has 0 aliphatic carbocycles. The summed E-state index contributed by atoms with van der Waals surface area (Å²) in [5.41, 5.74) is 0.590. The smallest absolute Gasteiger partial charge is 0.257 e. The van der Waals surface area contributed by atoms with Crippen LogP contribution in [0.1, 0.15) is 22.8 Å². The van der Waals surface area contributed by atoms with E-state index in [0.717, 1.165) is 0 Å². The standard InChI is InChI=1S/C13H15BrFNO2/c1-8-7-16(5-6-18-8)13(17)10-3-4-11(14)9(2)12(10)15/h3-4,8H,5-7H2,1-2H3. The monoisotopic (exact) mass is 315 g/mol. The normalized spacial score (nSPS) is 20.0. The molecular formula is C13H15BrFNO2. The van der Waals surface area contributed by atoms with Crippen molar-refractivity contribution >= 4 is 21.8 Å². The average molecular weight is 316 g/mol. The Balaban J connectivity index is 2.26. The van der Waals surface area contributed by atoms with E-state index in [4.69, 9.17) is 4.74 Å². The van der Waals surface area contributed by atoms with Crippen LogP contribution in [-0.2, 0) is 4.74 Å². The van der Waals surface area contributed by atoms with E-state index in [1.165, 1.54) is 6.07 Å². The topological polar surface area (TPSA) is 29.5 Å². The fourth-order valence-corrected chi connectivity index (χ4v) is 2.31. The first-order chi connectivity index (χ1) is 8.50. The van der Waals surface area contributed by atoms with E-state index in [1.54, 1.807) is 17.9 Å². The van der Waals surface area contributed by atoms with Gasteiger partial charge in [-0.3, -0.25) is 4.79 Å². The van der Waals surface area contributed by atoms with Crippen molar-refractivity contribution in [1.29, 1.82) is 0 Å². The fourth-order valence-electron chi connectivity index (χ4n) is 2.00. The first-order valence-corrected chi connectivity index (χ1v) is 6.65. The highest BCUT2D eigenvalue weighted by Crippen LogP contribution is 2.23. The zero-order valence-electron chi connectivity index (χ0n) is 10.4. The Morgan fingerprint density at radius 1 is 1.56 bits per heavy atom. The Morgan fingerprint density at radius 2 is 2.28 bits per heavy atom. The van der Waals surface area contributed by atoms with Gasteiger partial charge in [0.15, 0.2) is 0 Å². The second-order valence-electron chi connectivity index (χ2n) is 4.47. The summed E-state index contributed by atoms with van der Waals surface area (Å²) in [6, 6.07) is 3.23. The lowest BCUT2D eigenvalue weighted by molar-refractivity contribution is -0.0125. The van der Waals surface area contributed by atoms with Gasteiger partial charge in [0.1, 0.15) is 5.82 Å². The van der Waals surface area contributed by atoms with Crippen LogP contribution in [0.5, 0.6) is 0 Å². The molecule has 1 aliphatic rings. The van der Waals surface area contributed by atoms with Crippen LogP contribution in [-0.4, -0.2) is 36.6 Å². The number of benzene rings is 1. The molecular weight excluding hydrogens is 301 g/mol. The molecule has 0 bridgehead atoms. The summed E-state index contributed by atoms with van der Waals surface area (Å²) in [6.45, 7) is 5.08. The summed E-state index contributed by atoms with van der Waals surface area (Å²) in [5, 5.41) is 0. The molecule has 0 spiro atoms. The quantitative estimate of drug-likeness (QED) is 0.797. The molecule has 1 aromatic rings. The van der Waals surface area contributed by atoms with Crippen molar-refractivity contribution in [1.82, 2.24) is 4.90 Å². The number of halogens is 2. The van der Waals surface area contributed by atoms with E-state index in [9.17, 15) is 9.18 Å². The molecule has 1 aromatic carbocycles. The van der Waals surface area contributed by atoms with Crippen molar-refractivity contribution in [2.45, 2.75) is 20.0 Å². The van der Waals surface area contributed by atoms with Crippen LogP contribution < -0.4 is 0 Å². The zero-order valence-corrected chi connectivity index (χ0v) is 12.0. The largest absolute Gasteiger partial charge is 0.375 e. The summed E-state index contributed by atoms with van der Waals surface area (Å²) in [6.07, 6.45) is 0.00214. The summed E-state index contributed by atoms with van der Waals surface area (Å²) in [7, 11) is 0. The zero-order chi connectivity index (χ0) is 13.3. The molecule has 0 aromatic heterocycles. The van der Waals surface area contributed by atoms with Crippen molar-refractivity contribution in [2.75, 3.05) is 19.7 Å². The van der Waals surface area contributed by atoms with Crippen molar-refractivity contribution in [3.05, 3.63) is 33.5 Å². The van der Waals surface area contributed by atoms with Gasteiger partial charge in [-0.1, -0.05) is 15.9 Å². The van der Waals surface area contributed by atoms with Crippen LogP contribution in [0.2, 0.25) is 0 Å². The van der Waals surface area contributed by atoms with E-state index in [1.807, 2.05) is 6.92 Å². The molecule has 98 valence electrons. The van der Waals surface area contributed by atoms with Crippen molar-refractivity contribution in [3.63, 3.8) is 0 Å². The second kappa shape index (κ2) is 5.36. The number of hydrogen-bond donors (Lipinski definition) is 0. The third-order valence-corrected chi connectivity index (χ3v) is 3.94. The highest BCUT2D eigenvalue weighted by Gasteiger charge is 2.25. The predicted octanol–water partition coefficient (Wildman–Crippen LogP) is 2.76. The Hall–Kier alpha value is -0.940. The van der Waals surface area contributed by atoms with Gasteiger partial charge in [0.05, 0.1) is 18.3 Å². The second-order valence-corrected chi connectivity index (χ2v) is 5.32. The minimum atomic E-state index is -0.450. The number of carbonyl (C=O) groups is 1. The predicted molar refractivity (Wildman–Crippen MR) is 70.2 cm³/mol. The van der Waals surface area contributed by atoms with E-state index >= 15 is 0 Å². The van der Waals surface area contributed by atoms with Crippen molar-refractivity contribution in [2.24, 2.45) is 0 Å². The molecule has 2 rings (SSSR count). The fraction of sp³-hybridized carbons (Fsp3) is 0.462. The van der Waals surface area contributed by atoms with E-state index in [0.29, 0.717) is 29.7 Å². The molecule has 1 amide bonds. The number of morpholine rings is 1. The number of rotatable bonds is 1. The van der Waals surface area contributed by atoms with Gasteiger partial charge in [0.2, 0.25) is 0 Å². The first kappa shape index (κ1) is 13.5. The summed E-state index contributed by atoms with van der Waals surface area (Å²) >= 11 is 3.25. The number of ether oxygens (including phenoxy) is 1. The van der Waals surface area contributed by atoms with Gasteiger partial charge in [-0.2, -0.15) is 0 Å². The van der Waals surface area contributed by atoms with Crippen LogP contribution in [0.4, 0.5) is 4.39 Å². The lowest BCUT2D eigenvalue weighted by Crippen LogP contribution is -2.44. The molecule has 0 radical (unpaired) electrons. The molecule has 0 N–H and O–H groups in total. The van der Waals surface area contributed by atoms with Gasteiger partial charge < -0.3 is 9.64 Å². The average Bonchev–Trinajstić information content (AvgIpc) is 2.35. The molecule has 1 atom stereocenters. The highest BCUT2D eigenvalue weighted by molar-refractivity contribution is 9.10. The van der Waals surface area contributed by atoms with Gasteiger partial charge in [-0.25, -0.2) is 4.39 Å². The first-order valence-electron chi connectivity index (χ1n) is 5.86. The van der Waals surface area contributed by atoms with Gasteiger partial charge in [-0.05, 0) is 31.5 Å². The molecule has 3 nitrogen and oxygen atoms in total. The Bertz CT molecular complexity index is 478. The van der Waals surface area contributed by atoms with Gasteiger partial charge in [0, 0.05) is 17.6 Å². The van der Waals surface area contributed by atoms with Gasteiger partial charge >= 0.3 is 0 Å².